The molecule has 2 aromatic heterocycles. The molecule has 6 N–H and O–H groups in total. The number of hydrogen-bond donors (Lipinski definition) is 5. The van der Waals surface area contributed by atoms with Crippen LogP contribution in [-0.2, 0) is 4.74 Å². The normalized spacial score (nSPS) is 22.9. The molecule has 4 rings (SSSR count). The van der Waals surface area contributed by atoms with Gasteiger partial charge in [-0.1, -0.05) is 17.7 Å². The van der Waals surface area contributed by atoms with Crippen LogP contribution >= 0.6 is 11.6 Å². The van der Waals surface area contributed by atoms with Gasteiger partial charge in [-0.15, -0.1) is 0 Å². The molecule has 3 heterocycles. The highest BCUT2D eigenvalue weighted by atomic mass is 35.5. The van der Waals surface area contributed by atoms with E-state index < -0.39 is 18.8 Å². The van der Waals surface area contributed by atoms with E-state index in [0.29, 0.717) is 55.0 Å². The van der Waals surface area contributed by atoms with Crippen molar-refractivity contribution in [1.82, 2.24) is 15.3 Å². The monoisotopic (exact) mass is 542 g/mol. The van der Waals surface area contributed by atoms with E-state index in [2.05, 4.69) is 20.9 Å². The van der Waals surface area contributed by atoms with Gasteiger partial charge in [0.1, 0.15) is 11.6 Å². The summed E-state index contributed by atoms with van der Waals surface area (Å²) in [4.78, 5) is 9.13. The quantitative estimate of drug-likeness (QED) is 0.323. The number of ether oxygens (including phenoxy) is 1. The molecule has 1 saturated heterocycles. The highest BCUT2D eigenvalue weighted by Crippen LogP contribution is 2.30. The van der Waals surface area contributed by atoms with E-state index in [4.69, 9.17) is 27.1 Å². The molecule has 2 fully saturated rings. The lowest BCUT2D eigenvalue weighted by molar-refractivity contribution is -0.202. The molecule has 0 bridgehead atoms. The number of hydrogen-bond acceptors (Lipinski definition) is 8. The summed E-state index contributed by atoms with van der Waals surface area (Å²) in [5.41, 5.74) is 7.60. The second-order valence-electron chi connectivity index (χ2n) is 9.94. The fraction of sp³-hybridized carbons (Fsp3) is 0.600. The Morgan fingerprint density at radius 2 is 1.84 bits per heavy atom. The second-order valence-corrected chi connectivity index (χ2v) is 10.4. The van der Waals surface area contributed by atoms with Crippen LogP contribution in [0.15, 0.2) is 30.5 Å². The number of rotatable bonds is 9. The predicted molar refractivity (Wildman–Crippen MR) is 138 cm³/mol. The SMILES string of the molecule is NC1(CNc2cccc(-c3cc(N[C@H]4CC[C@H](NC[C@@H](O)C(F)(F)F)CC4)ncc3Cl)n2)CCOCC1. The van der Waals surface area contributed by atoms with Gasteiger partial charge in [-0.05, 0) is 56.7 Å². The molecule has 2 aromatic rings. The predicted octanol–water partition coefficient (Wildman–Crippen LogP) is 3.95. The van der Waals surface area contributed by atoms with Crippen LogP contribution in [0.5, 0.6) is 0 Å². The molecule has 0 spiro atoms. The fourth-order valence-corrected chi connectivity index (χ4v) is 4.86. The molecular weight excluding hydrogens is 509 g/mol. The summed E-state index contributed by atoms with van der Waals surface area (Å²) in [5.74, 6) is 1.37. The molecule has 0 unspecified atom stereocenters. The van der Waals surface area contributed by atoms with Crippen LogP contribution in [0.4, 0.5) is 24.8 Å². The van der Waals surface area contributed by atoms with Gasteiger partial charge in [-0.2, -0.15) is 13.2 Å². The maximum atomic E-state index is 12.5. The van der Waals surface area contributed by atoms with Crippen molar-refractivity contribution in [2.75, 3.05) is 36.9 Å². The number of aliphatic hydroxyl groups excluding tert-OH is 1. The molecule has 204 valence electrons. The minimum absolute atomic E-state index is 0.0583. The van der Waals surface area contributed by atoms with Gasteiger partial charge in [0, 0.05) is 55.7 Å². The zero-order valence-corrected chi connectivity index (χ0v) is 21.3. The Bertz CT molecular complexity index is 1030. The number of nitrogens with one attached hydrogen (secondary N) is 3. The molecule has 1 aliphatic heterocycles. The first-order valence-electron chi connectivity index (χ1n) is 12.6. The van der Waals surface area contributed by atoms with E-state index >= 15 is 0 Å². The molecular formula is C25H34ClF3N6O2. The summed E-state index contributed by atoms with van der Waals surface area (Å²) in [7, 11) is 0. The lowest BCUT2D eigenvalue weighted by Gasteiger charge is -2.33. The first kappa shape index (κ1) is 27.8. The van der Waals surface area contributed by atoms with Crippen LogP contribution in [0.3, 0.4) is 0 Å². The van der Waals surface area contributed by atoms with Crippen molar-refractivity contribution in [1.29, 1.82) is 0 Å². The van der Waals surface area contributed by atoms with Gasteiger partial charge >= 0.3 is 6.18 Å². The number of alkyl halides is 3. The summed E-state index contributed by atoms with van der Waals surface area (Å²) in [6.45, 7) is 1.42. The van der Waals surface area contributed by atoms with E-state index in [1.54, 1.807) is 6.20 Å². The number of halogens is 4. The number of nitrogens with two attached hydrogens (primary N) is 1. The van der Waals surface area contributed by atoms with Crippen molar-refractivity contribution in [2.45, 2.75) is 68.4 Å². The van der Waals surface area contributed by atoms with Crippen molar-refractivity contribution >= 4 is 23.2 Å². The third-order valence-electron chi connectivity index (χ3n) is 7.05. The number of nitrogens with zero attached hydrogens (tertiary/aromatic N) is 2. The Morgan fingerprint density at radius 1 is 1.14 bits per heavy atom. The number of pyridine rings is 2. The third-order valence-corrected chi connectivity index (χ3v) is 7.35. The zero-order chi connectivity index (χ0) is 26.5. The number of aromatic nitrogens is 2. The van der Waals surface area contributed by atoms with Gasteiger partial charge < -0.3 is 31.5 Å². The Labute approximate surface area is 219 Å². The van der Waals surface area contributed by atoms with Crippen LogP contribution in [0.1, 0.15) is 38.5 Å². The zero-order valence-electron chi connectivity index (χ0n) is 20.5. The summed E-state index contributed by atoms with van der Waals surface area (Å²) >= 11 is 6.46. The Hall–Kier alpha value is -2.18. The topological polar surface area (TPSA) is 117 Å². The molecule has 2 aliphatic rings. The molecule has 12 heteroatoms. The summed E-state index contributed by atoms with van der Waals surface area (Å²) < 4.78 is 42.9. The Kier molecular flexibility index (Phi) is 9.12. The lowest BCUT2D eigenvalue weighted by atomic mass is 9.91. The van der Waals surface area contributed by atoms with Crippen molar-refractivity contribution in [2.24, 2.45) is 5.73 Å². The smallest absolute Gasteiger partial charge is 0.382 e. The maximum Gasteiger partial charge on any atom is 0.415 e. The average Bonchev–Trinajstić information content (AvgIpc) is 2.88. The minimum atomic E-state index is -4.61. The molecule has 0 amide bonds. The molecule has 1 atom stereocenters. The molecule has 1 saturated carbocycles. The fourth-order valence-electron chi connectivity index (χ4n) is 4.66. The average molecular weight is 543 g/mol. The van der Waals surface area contributed by atoms with E-state index in [9.17, 15) is 18.3 Å². The highest BCUT2D eigenvalue weighted by Gasteiger charge is 2.38. The van der Waals surface area contributed by atoms with Crippen molar-refractivity contribution in [3.63, 3.8) is 0 Å². The van der Waals surface area contributed by atoms with Gasteiger partial charge in [0.05, 0.1) is 10.7 Å². The third kappa shape index (κ3) is 7.90. The summed E-state index contributed by atoms with van der Waals surface area (Å²) in [6, 6.07) is 7.62. The number of aliphatic hydroxyl groups is 1. The van der Waals surface area contributed by atoms with Gasteiger partial charge in [0.15, 0.2) is 6.10 Å². The van der Waals surface area contributed by atoms with E-state index in [1.165, 1.54) is 0 Å². The van der Waals surface area contributed by atoms with E-state index in [1.807, 2.05) is 24.3 Å². The molecule has 8 nitrogen and oxygen atoms in total. The van der Waals surface area contributed by atoms with Crippen LogP contribution in [0, 0.1) is 0 Å². The van der Waals surface area contributed by atoms with Crippen LogP contribution < -0.4 is 21.7 Å². The molecule has 37 heavy (non-hydrogen) atoms. The second kappa shape index (κ2) is 12.1. The highest BCUT2D eigenvalue weighted by molar-refractivity contribution is 6.33. The van der Waals surface area contributed by atoms with Crippen LogP contribution in [-0.4, -0.2) is 71.3 Å². The van der Waals surface area contributed by atoms with Gasteiger partial charge in [0.2, 0.25) is 0 Å². The standard InChI is InChI=1S/C25H34ClF3N6O2/c26-19-13-32-23(34-17-6-4-16(5-7-17)31-14-21(36)25(27,28)29)12-18(19)20-2-1-3-22(35-20)33-15-24(30)8-10-37-11-9-24/h1-3,12-13,16-17,21,31,36H,4-11,14-15,30H2,(H,32,34)(H,33,35)/t16-,17-,21-/m1/s1. The molecule has 1 aliphatic carbocycles. The van der Waals surface area contributed by atoms with Gasteiger partial charge in [0.25, 0.3) is 0 Å². The van der Waals surface area contributed by atoms with E-state index in [0.717, 1.165) is 31.2 Å². The largest absolute Gasteiger partial charge is 0.415 e. The van der Waals surface area contributed by atoms with Gasteiger partial charge in [-0.25, -0.2) is 9.97 Å². The number of anilines is 2. The maximum absolute atomic E-state index is 12.5. The Balaban J connectivity index is 1.33. The summed E-state index contributed by atoms with van der Waals surface area (Å²) in [5, 5.41) is 19.3. The first-order valence-corrected chi connectivity index (χ1v) is 13.0. The van der Waals surface area contributed by atoms with Crippen molar-refractivity contribution < 1.29 is 23.0 Å². The molecule has 0 radical (unpaired) electrons. The van der Waals surface area contributed by atoms with Crippen LogP contribution in [0.25, 0.3) is 11.3 Å². The summed E-state index contributed by atoms with van der Waals surface area (Å²) in [6.07, 6.45) is -0.849. The minimum Gasteiger partial charge on any atom is -0.382 e. The van der Waals surface area contributed by atoms with Crippen molar-refractivity contribution in [3.8, 4) is 11.3 Å². The van der Waals surface area contributed by atoms with Crippen LogP contribution in [0.2, 0.25) is 5.02 Å². The van der Waals surface area contributed by atoms with Crippen molar-refractivity contribution in [3.05, 3.63) is 35.5 Å². The Morgan fingerprint density at radius 3 is 2.54 bits per heavy atom. The lowest BCUT2D eigenvalue weighted by Crippen LogP contribution is -2.50. The first-order chi connectivity index (χ1) is 17.6. The van der Waals surface area contributed by atoms with Gasteiger partial charge in [-0.3, -0.25) is 0 Å². The molecule has 0 aromatic carbocycles. The van der Waals surface area contributed by atoms with E-state index in [-0.39, 0.29) is 17.6 Å².